The van der Waals surface area contributed by atoms with Crippen LogP contribution >= 0.6 is 0 Å². The van der Waals surface area contributed by atoms with E-state index >= 15 is 0 Å². The van der Waals surface area contributed by atoms with E-state index in [1.807, 2.05) is 35.2 Å². The van der Waals surface area contributed by atoms with Gasteiger partial charge in [0.1, 0.15) is 11.9 Å². The zero-order chi connectivity index (χ0) is 18.9. The van der Waals surface area contributed by atoms with Crippen molar-refractivity contribution in [3.8, 4) is 5.75 Å². The quantitative estimate of drug-likeness (QED) is 0.454. The molecule has 0 atom stereocenters. The lowest BCUT2D eigenvalue weighted by Gasteiger charge is -2.34. The maximum Gasteiger partial charge on any atom is 0.222 e. The van der Waals surface area contributed by atoms with Crippen LogP contribution in [0.25, 0.3) is 0 Å². The van der Waals surface area contributed by atoms with Crippen molar-refractivity contribution >= 4 is 11.9 Å². The van der Waals surface area contributed by atoms with Gasteiger partial charge in [0.25, 0.3) is 0 Å². The first-order valence-corrected chi connectivity index (χ1v) is 10.3. The van der Waals surface area contributed by atoms with Gasteiger partial charge >= 0.3 is 0 Å². The van der Waals surface area contributed by atoms with E-state index in [0.717, 1.165) is 76.7 Å². The van der Waals surface area contributed by atoms with E-state index in [9.17, 15) is 4.79 Å². The molecular formula is C21H32N4O2. The van der Waals surface area contributed by atoms with E-state index < -0.39 is 0 Å². The number of rotatable bonds is 7. The van der Waals surface area contributed by atoms with Crippen LogP contribution in [-0.2, 0) is 4.79 Å². The Balaban J connectivity index is 1.43. The molecule has 2 aliphatic heterocycles. The van der Waals surface area contributed by atoms with Gasteiger partial charge in [-0.2, -0.15) is 0 Å². The second-order valence-electron chi connectivity index (χ2n) is 7.19. The van der Waals surface area contributed by atoms with Gasteiger partial charge in [-0.3, -0.25) is 9.79 Å². The van der Waals surface area contributed by atoms with E-state index in [1.165, 1.54) is 0 Å². The van der Waals surface area contributed by atoms with Crippen LogP contribution in [0.4, 0.5) is 0 Å². The van der Waals surface area contributed by atoms with Crippen molar-refractivity contribution in [3.63, 3.8) is 0 Å². The molecule has 148 valence electrons. The predicted molar refractivity (Wildman–Crippen MR) is 108 cm³/mol. The molecule has 6 nitrogen and oxygen atoms in total. The van der Waals surface area contributed by atoms with Crippen LogP contribution in [0.3, 0.4) is 0 Å². The van der Waals surface area contributed by atoms with Crippen molar-refractivity contribution < 1.29 is 9.53 Å². The van der Waals surface area contributed by atoms with Gasteiger partial charge in [-0.25, -0.2) is 0 Å². The van der Waals surface area contributed by atoms with Gasteiger partial charge in [-0.1, -0.05) is 18.2 Å². The standard InChI is InChI=1S/C21H32N4O2/c1-2-22-21(23-13-7-15-24-14-6-10-20(24)26)25-16-11-19(12-17-25)27-18-8-4-3-5-9-18/h3-5,8-9,19H,2,6-7,10-17H2,1H3,(H,22,23). The van der Waals surface area contributed by atoms with Crippen LogP contribution in [0.15, 0.2) is 35.3 Å². The number of hydrogen-bond donors (Lipinski definition) is 1. The Morgan fingerprint density at radius 1 is 1.22 bits per heavy atom. The normalized spacial score (nSPS) is 18.9. The van der Waals surface area contributed by atoms with Crippen LogP contribution in [-0.4, -0.2) is 67.0 Å². The largest absolute Gasteiger partial charge is 0.490 e. The number of aliphatic imine (C=N–C) groups is 1. The summed E-state index contributed by atoms with van der Waals surface area (Å²) >= 11 is 0. The Morgan fingerprint density at radius 3 is 2.67 bits per heavy atom. The van der Waals surface area contributed by atoms with E-state index in [1.54, 1.807) is 0 Å². The number of piperidine rings is 1. The van der Waals surface area contributed by atoms with E-state index in [0.29, 0.717) is 12.3 Å². The van der Waals surface area contributed by atoms with Crippen LogP contribution in [0.2, 0.25) is 0 Å². The highest BCUT2D eigenvalue weighted by Gasteiger charge is 2.23. The molecule has 6 heteroatoms. The molecule has 0 spiro atoms. The number of hydrogen-bond acceptors (Lipinski definition) is 3. The maximum absolute atomic E-state index is 11.7. The monoisotopic (exact) mass is 372 g/mol. The fraction of sp³-hybridized carbons (Fsp3) is 0.619. The average Bonchev–Trinajstić information content (AvgIpc) is 3.11. The number of ether oxygens (including phenoxy) is 1. The summed E-state index contributed by atoms with van der Waals surface area (Å²) in [7, 11) is 0. The summed E-state index contributed by atoms with van der Waals surface area (Å²) in [6.07, 6.45) is 4.92. The fourth-order valence-corrected chi connectivity index (χ4v) is 3.69. The second kappa shape index (κ2) is 10.2. The molecule has 2 saturated heterocycles. The van der Waals surface area contributed by atoms with Crippen LogP contribution in [0.5, 0.6) is 5.75 Å². The molecule has 0 saturated carbocycles. The molecule has 2 heterocycles. The molecule has 0 unspecified atom stereocenters. The summed E-state index contributed by atoms with van der Waals surface area (Å²) < 4.78 is 6.08. The van der Waals surface area contributed by atoms with Crippen LogP contribution in [0, 0.1) is 0 Å². The highest BCUT2D eigenvalue weighted by atomic mass is 16.5. The first-order chi connectivity index (χ1) is 13.3. The predicted octanol–water partition coefficient (Wildman–Crippen LogP) is 2.51. The molecule has 1 aromatic rings. The maximum atomic E-state index is 11.7. The third kappa shape index (κ3) is 5.88. The zero-order valence-corrected chi connectivity index (χ0v) is 16.4. The highest BCUT2D eigenvalue weighted by Crippen LogP contribution is 2.18. The van der Waals surface area contributed by atoms with Gasteiger partial charge in [0.15, 0.2) is 5.96 Å². The van der Waals surface area contributed by atoms with Gasteiger partial charge in [0, 0.05) is 58.5 Å². The minimum atomic E-state index is 0.271. The number of benzene rings is 1. The van der Waals surface area contributed by atoms with E-state index in [-0.39, 0.29) is 6.10 Å². The first kappa shape index (κ1) is 19.5. The topological polar surface area (TPSA) is 57.2 Å². The molecule has 27 heavy (non-hydrogen) atoms. The SMILES string of the molecule is CCNC(=NCCCN1CCCC1=O)N1CCC(Oc2ccccc2)CC1. The summed E-state index contributed by atoms with van der Waals surface area (Å²) in [5, 5.41) is 3.41. The summed E-state index contributed by atoms with van der Waals surface area (Å²) in [4.78, 5) is 20.8. The third-order valence-corrected chi connectivity index (χ3v) is 5.14. The summed E-state index contributed by atoms with van der Waals surface area (Å²) in [6.45, 7) is 7.37. The first-order valence-electron chi connectivity index (χ1n) is 10.3. The third-order valence-electron chi connectivity index (χ3n) is 5.14. The molecule has 1 amide bonds. The number of amides is 1. The van der Waals surface area contributed by atoms with Crippen molar-refractivity contribution in [2.75, 3.05) is 39.3 Å². The smallest absolute Gasteiger partial charge is 0.222 e. The molecule has 2 fully saturated rings. The van der Waals surface area contributed by atoms with Crippen molar-refractivity contribution in [2.45, 2.75) is 45.1 Å². The van der Waals surface area contributed by atoms with Crippen molar-refractivity contribution in [1.82, 2.24) is 15.1 Å². The number of likely N-dealkylation sites (tertiary alicyclic amines) is 2. The van der Waals surface area contributed by atoms with Gasteiger partial charge in [0.2, 0.25) is 5.91 Å². The van der Waals surface area contributed by atoms with Gasteiger partial charge in [-0.05, 0) is 31.9 Å². The van der Waals surface area contributed by atoms with Gasteiger partial charge < -0.3 is 19.9 Å². The Labute approximate surface area is 162 Å². The van der Waals surface area contributed by atoms with Crippen molar-refractivity contribution in [1.29, 1.82) is 0 Å². The number of para-hydroxylation sites is 1. The number of carbonyl (C=O) groups excluding carboxylic acids is 1. The number of guanidine groups is 1. The van der Waals surface area contributed by atoms with Crippen LogP contribution < -0.4 is 10.1 Å². The Hall–Kier alpha value is -2.24. The number of nitrogens with zero attached hydrogens (tertiary/aromatic N) is 3. The minimum absolute atomic E-state index is 0.271. The molecule has 0 bridgehead atoms. The minimum Gasteiger partial charge on any atom is -0.490 e. The van der Waals surface area contributed by atoms with E-state index in [2.05, 4.69) is 17.1 Å². The summed E-state index contributed by atoms with van der Waals surface area (Å²) in [5.74, 6) is 2.24. The zero-order valence-electron chi connectivity index (χ0n) is 16.4. The van der Waals surface area contributed by atoms with Crippen molar-refractivity contribution in [2.24, 2.45) is 4.99 Å². The molecule has 1 aromatic carbocycles. The van der Waals surface area contributed by atoms with Gasteiger partial charge in [-0.15, -0.1) is 0 Å². The highest BCUT2D eigenvalue weighted by molar-refractivity contribution is 5.80. The summed E-state index contributed by atoms with van der Waals surface area (Å²) in [5.41, 5.74) is 0. The lowest BCUT2D eigenvalue weighted by molar-refractivity contribution is -0.127. The molecule has 2 aliphatic rings. The Bertz CT molecular complexity index is 612. The Morgan fingerprint density at radius 2 is 2.00 bits per heavy atom. The van der Waals surface area contributed by atoms with E-state index in [4.69, 9.17) is 9.73 Å². The lowest BCUT2D eigenvalue weighted by Crippen LogP contribution is -2.47. The molecule has 0 radical (unpaired) electrons. The average molecular weight is 373 g/mol. The number of nitrogens with one attached hydrogen (secondary N) is 1. The number of carbonyl (C=O) groups is 1. The molecular weight excluding hydrogens is 340 g/mol. The second-order valence-corrected chi connectivity index (χ2v) is 7.19. The summed E-state index contributed by atoms with van der Waals surface area (Å²) in [6, 6.07) is 10.1. The molecule has 0 aliphatic carbocycles. The molecule has 1 N–H and O–H groups in total. The van der Waals surface area contributed by atoms with Gasteiger partial charge in [0.05, 0.1) is 0 Å². The van der Waals surface area contributed by atoms with Crippen molar-refractivity contribution in [3.05, 3.63) is 30.3 Å². The Kier molecular flexibility index (Phi) is 7.36. The lowest BCUT2D eigenvalue weighted by atomic mass is 10.1. The molecule has 3 rings (SSSR count). The van der Waals surface area contributed by atoms with Crippen LogP contribution in [0.1, 0.15) is 39.0 Å². The fourth-order valence-electron chi connectivity index (χ4n) is 3.69. The molecule has 0 aromatic heterocycles.